The first-order chi connectivity index (χ1) is 10.8. The van der Waals surface area contributed by atoms with E-state index in [4.69, 9.17) is 9.26 Å². The van der Waals surface area contributed by atoms with Crippen LogP contribution in [0.15, 0.2) is 22.9 Å². The summed E-state index contributed by atoms with van der Waals surface area (Å²) in [5.74, 6) is 1.29. The van der Waals surface area contributed by atoms with E-state index in [0.717, 1.165) is 24.9 Å². The van der Waals surface area contributed by atoms with Crippen molar-refractivity contribution in [1.82, 2.24) is 20.4 Å². The molecule has 0 saturated carbocycles. The molecule has 8 heteroatoms. The van der Waals surface area contributed by atoms with Crippen molar-refractivity contribution in [3.05, 3.63) is 24.2 Å². The molecule has 0 unspecified atom stereocenters. The highest BCUT2D eigenvalue weighted by atomic mass is 16.5. The quantitative estimate of drug-likeness (QED) is 0.853. The van der Waals surface area contributed by atoms with Crippen LogP contribution in [-0.2, 0) is 9.53 Å². The number of rotatable bonds is 5. The fraction of sp³-hybridized carbons (Fsp3) is 0.429. The molecule has 0 radical (unpaired) electrons. The predicted molar refractivity (Wildman–Crippen MR) is 78.0 cm³/mol. The lowest BCUT2D eigenvalue weighted by Gasteiger charge is -2.03. The van der Waals surface area contributed by atoms with Crippen LogP contribution in [0.5, 0.6) is 0 Å². The van der Waals surface area contributed by atoms with E-state index in [1.54, 1.807) is 18.3 Å². The molecule has 22 heavy (non-hydrogen) atoms. The van der Waals surface area contributed by atoms with Crippen LogP contribution < -0.4 is 10.6 Å². The van der Waals surface area contributed by atoms with Gasteiger partial charge in [-0.25, -0.2) is 4.98 Å². The standard InChI is InChI=1S/C14H17N5O3/c1-21-8-12(20)17-11-5-4-9(7-16-11)13-18-14(22-19-13)10-3-2-6-15-10/h4-5,7,10,15H,2-3,6,8H2,1H3,(H,16,17,20)/t10-/m1/s1. The summed E-state index contributed by atoms with van der Waals surface area (Å²) in [4.78, 5) is 19.9. The molecule has 2 N–H and O–H groups in total. The summed E-state index contributed by atoms with van der Waals surface area (Å²) in [6.07, 6.45) is 3.71. The van der Waals surface area contributed by atoms with Gasteiger partial charge < -0.3 is 19.9 Å². The fourth-order valence-electron chi connectivity index (χ4n) is 2.30. The number of hydrogen-bond acceptors (Lipinski definition) is 7. The second-order valence-electron chi connectivity index (χ2n) is 5.02. The van der Waals surface area contributed by atoms with Crippen molar-refractivity contribution in [2.45, 2.75) is 18.9 Å². The summed E-state index contributed by atoms with van der Waals surface area (Å²) < 4.78 is 10.0. The Hall–Kier alpha value is -2.32. The second kappa shape index (κ2) is 6.63. The summed E-state index contributed by atoms with van der Waals surface area (Å²) in [5, 5.41) is 9.91. The van der Waals surface area contributed by atoms with E-state index >= 15 is 0 Å². The molecule has 1 aliphatic heterocycles. The minimum atomic E-state index is -0.253. The Bertz CT molecular complexity index is 634. The molecule has 2 aromatic heterocycles. The van der Waals surface area contributed by atoms with Crippen molar-refractivity contribution in [3.63, 3.8) is 0 Å². The van der Waals surface area contributed by atoms with Crippen molar-refractivity contribution in [2.75, 3.05) is 25.6 Å². The van der Waals surface area contributed by atoms with Crippen LogP contribution >= 0.6 is 0 Å². The number of anilines is 1. The van der Waals surface area contributed by atoms with Crippen LogP contribution in [0, 0.1) is 0 Å². The number of aromatic nitrogens is 3. The van der Waals surface area contributed by atoms with Gasteiger partial charge in [0, 0.05) is 18.9 Å². The van der Waals surface area contributed by atoms with Crippen LogP contribution in [0.2, 0.25) is 0 Å². The van der Waals surface area contributed by atoms with E-state index in [2.05, 4.69) is 25.8 Å². The molecule has 0 bridgehead atoms. The molecular formula is C14H17N5O3. The lowest BCUT2D eigenvalue weighted by Crippen LogP contribution is -2.17. The topological polar surface area (TPSA) is 102 Å². The van der Waals surface area contributed by atoms with Gasteiger partial charge in [-0.05, 0) is 31.5 Å². The average Bonchev–Trinajstić information content (AvgIpc) is 3.19. The Morgan fingerprint density at radius 2 is 2.45 bits per heavy atom. The van der Waals surface area contributed by atoms with Gasteiger partial charge in [-0.1, -0.05) is 5.16 Å². The van der Waals surface area contributed by atoms with Crippen LogP contribution in [0.4, 0.5) is 5.82 Å². The van der Waals surface area contributed by atoms with Gasteiger partial charge >= 0.3 is 0 Å². The smallest absolute Gasteiger partial charge is 0.251 e. The third-order valence-electron chi connectivity index (χ3n) is 3.36. The van der Waals surface area contributed by atoms with E-state index in [9.17, 15) is 4.79 Å². The molecule has 116 valence electrons. The molecule has 1 atom stereocenters. The summed E-state index contributed by atoms with van der Waals surface area (Å²) in [7, 11) is 1.46. The van der Waals surface area contributed by atoms with Crippen molar-refractivity contribution in [1.29, 1.82) is 0 Å². The molecule has 1 amide bonds. The Morgan fingerprint density at radius 3 is 3.14 bits per heavy atom. The highest BCUT2D eigenvalue weighted by Gasteiger charge is 2.22. The number of nitrogens with zero attached hydrogens (tertiary/aromatic N) is 3. The molecule has 1 saturated heterocycles. The largest absolute Gasteiger partial charge is 0.375 e. The predicted octanol–water partition coefficient (Wildman–Crippen LogP) is 1.14. The van der Waals surface area contributed by atoms with Gasteiger partial charge in [0.15, 0.2) is 0 Å². The van der Waals surface area contributed by atoms with Crippen molar-refractivity contribution >= 4 is 11.7 Å². The van der Waals surface area contributed by atoms with Crippen molar-refractivity contribution in [2.24, 2.45) is 0 Å². The zero-order chi connectivity index (χ0) is 15.4. The highest BCUT2D eigenvalue weighted by Crippen LogP contribution is 2.24. The van der Waals surface area contributed by atoms with E-state index in [1.165, 1.54) is 7.11 Å². The molecule has 1 aliphatic rings. The number of pyridine rings is 1. The first-order valence-electron chi connectivity index (χ1n) is 7.08. The summed E-state index contributed by atoms with van der Waals surface area (Å²) in [5.41, 5.74) is 0.734. The minimum Gasteiger partial charge on any atom is -0.375 e. The van der Waals surface area contributed by atoms with Gasteiger partial charge in [0.05, 0.1) is 6.04 Å². The molecule has 1 fully saturated rings. The molecule has 2 aromatic rings. The van der Waals surface area contributed by atoms with Gasteiger partial charge in [0.1, 0.15) is 12.4 Å². The number of nitrogens with one attached hydrogen (secondary N) is 2. The normalized spacial score (nSPS) is 17.6. The van der Waals surface area contributed by atoms with Crippen LogP contribution in [0.1, 0.15) is 24.8 Å². The molecule has 0 aliphatic carbocycles. The van der Waals surface area contributed by atoms with Gasteiger partial charge in [0.25, 0.3) is 5.91 Å². The third-order valence-corrected chi connectivity index (χ3v) is 3.36. The minimum absolute atomic E-state index is 0.00792. The SMILES string of the molecule is COCC(=O)Nc1ccc(-c2noc([C@H]3CCCN3)n2)cn1. The van der Waals surface area contributed by atoms with E-state index in [0.29, 0.717) is 17.5 Å². The number of methoxy groups -OCH3 is 1. The van der Waals surface area contributed by atoms with Crippen molar-refractivity contribution in [3.8, 4) is 11.4 Å². The lowest BCUT2D eigenvalue weighted by molar-refractivity contribution is -0.119. The van der Waals surface area contributed by atoms with Gasteiger partial charge in [-0.15, -0.1) is 0 Å². The first-order valence-corrected chi connectivity index (χ1v) is 7.08. The van der Waals surface area contributed by atoms with Gasteiger partial charge in [-0.2, -0.15) is 4.98 Å². The summed E-state index contributed by atoms with van der Waals surface area (Å²) in [6, 6.07) is 3.61. The Balaban J connectivity index is 1.68. The number of carbonyl (C=O) groups excluding carboxylic acids is 1. The molecule has 0 spiro atoms. The van der Waals surface area contributed by atoms with E-state index in [-0.39, 0.29) is 18.6 Å². The van der Waals surface area contributed by atoms with Gasteiger partial charge in [-0.3, -0.25) is 4.79 Å². The second-order valence-corrected chi connectivity index (χ2v) is 5.02. The van der Waals surface area contributed by atoms with Crippen molar-refractivity contribution < 1.29 is 14.1 Å². The fourth-order valence-corrected chi connectivity index (χ4v) is 2.30. The molecule has 3 rings (SSSR count). The maximum absolute atomic E-state index is 11.4. The van der Waals surface area contributed by atoms with Crippen LogP contribution in [0.3, 0.4) is 0 Å². The van der Waals surface area contributed by atoms with Crippen LogP contribution in [-0.4, -0.2) is 41.3 Å². The molecule has 8 nitrogen and oxygen atoms in total. The monoisotopic (exact) mass is 303 g/mol. The average molecular weight is 303 g/mol. The highest BCUT2D eigenvalue weighted by molar-refractivity contribution is 5.90. The summed E-state index contributed by atoms with van der Waals surface area (Å²) >= 11 is 0. The first kappa shape index (κ1) is 14.6. The number of carbonyl (C=O) groups is 1. The zero-order valence-corrected chi connectivity index (χ0v) is 12.2. The Kier molecular flexibility index (Phi) is 4.40. The summed E-state index contributed by atoms with van der Waals surface area (Å²) in [6.45, 7) is 0.964. The van der Waals surface area contributed by atoms with Gasteiger partial charge in [0.2, 0.25) is 11.7 Å². The molecule has 0 aromatic carbocycles. The maximum Gasteiger partial charge on any atom is 0.251 e. The van der Waals surface area contributed by atoms with Crippen LogP contribution in [0.25, 0.3) is 11.4 Å². The molecular weight excluding hydrogens is 286 g/mol. The third kappa shape index (κ3) is 3.29. The zero-order valence-electron chi connectivity index (χ0n) is 12.2. The number of amides is 1. The molecule has 3 heterocycles. The van der Waals surface area contributed by atoms with E-state index in [1.807, 2.05) is 0 Å². The Labute approximate surface area is 127 Å². The number of hydrogen-bond donors (Lipinski definition) is 2. The van der Waals surface area contributed by atoms with E-state index < -0.39 is 0 Å². The Morgan fingerprint density at radius 1 is 1.55 bits per heavy atom. The maximum atomic E-state index is 11.4. The lowest BCUT2D eigenvalue weighted by atomic mass is 10.2. The number of ether oxygens (including phenoxy) is 1.